The highest BCUT2D eigenvalue weighted by atomic mass is 16.5. The van der Waals surface area contributed by atoms with Gasteiger partial charge in [-0.2, -0.15) is 0 Å². The number of amides is 1. The van der Waals surface area contributed by atoms with Gasteiger partial charge in [-0.3, -0.25) is 4.79 Å². The molecule has 116 valence electrons. The van der Waals surface area contributed by atoms with Crippen LogP contribution in [0.25, 0.3) is 0 Å². The molecule has 0 aromatic heterocycles. The third kappa shape index (κ3) is 4.74. The first kappa shape index (κ1) is 15.8. The number of unbranched alkanes of at least 4 members (excludes halogenated alkanes) is 1. The Bertz CT molecular complexity index is 428. The van der Waals surface area contributed by atoms with Gasteiger partial charge in [-0.1, -0.05) is 38.0 Å². The fraction of sp³-hybridized carbons (Fsp3) is 0.588. The van der Waals surface area contributed by atoms with Crippen molar-refractivity contribution in [3.05, 3.63) is 30.3 Å². The SMILES string of the molecule is CCCC[C@H](N)C(=O)N1CCC(Oc2ccccc2)CC1. The van der Waals surface area contributed by atoms with Gasteiger partial charge in [0.05, 0.1) is 6.04 Å². The molecule has 21 heavy (non-hydrogen) atoms. The molecule has 4 heteroatoms. The van der Waals surface area contributed by atoms with Crippen molar-refractivity contribution in [2.45, 2.75) is 51.2 Å². The molecule has 0 spiro atoms. The number of rotatable bonds is 6. The molecule has 2 rings (SSSR count). The Labute approximate surface area is 127 Å². The van der Waals surface area contributed by atoms with Crippen LogP contribution in [0.3, 0.4) is 0 Å². The zero-order valence-electron chi connectivity index (χ0n) is 12.8. The quantitative estimate of drug-likeness (QED) is 0.876. The lowest BCUT2D eigenvalue weighted by Crippen LogP contribution is -2.48. The van der Waals surface area contributed by atoms with Gasteiger partial charge in [-0.25, -0.2) is 0 Å². The molecular weight excluding hydrogens is 264 g/mol. The van der Waals surface area contributed by atoms with E-state index in [2.05, 4.69) is 6.92 Å². The molecule has 1 atom stereocenters. The second kappa shape index (κ2) is 8.03. The number of benzene rings is 1. The number of nitrogens with zero attached hydrogens (tertiary/aromatic N) is 1. The minimum Gasteiger partial charge on any atom is -0.490 e. The van der Waals surface area contributed by atoms with Gasteiger partial charge in [0, 0.05) is 25.9 Å². The van der Waals surface area contributed by atoms with Crippen molar-refractivity contribution in [1.82, 2.24) is 4.90 Å². The molecule has 1 aromatic carbocycles. The van der Waals surface area contributed by atoms with Crippen molar-refractivity contribution in [1.29, 1.82) is 0 Å². The van der Waals surface area contributed by atoms with Gasteiger partial charge in [0.15, 0.2) is 0 Å². The summed E-state index contributed by atoms with van der Waals surface area (Å²) in [5.41, 5.74) is 5.97. The normalized spacial score (nSPS) is 17.5. The highest BCUT2D eigenvalue weighted by Gasteiger charge is 2.26. The van der Waals surface area contributed by atoms with Crippen LogP contribution in [0.15, 0.2) is 30.3 Å². The molecule has 0 unspecified atom stereocenters. The van der Waals surface area contributed by atoms with E-state index in [1.54, 1.807) is 0 Å². The zero-order valence-corrected chi connectivity index (χ0v) is 12.8. The van der Waals surface area contributed by atoms with Crippen LogP contribution in [0.2, 0.25) is 0 Å². The predicted octanol–water partition coefficient (Wildman–Crippen LogP) is 2.57. The van der Waals surface area contributed by atoms with Crippen molar-refractivity contribution in [2.24, 2.45) is 5.73 Å². The second-order valence-electron chi connectivity index (χ2n) is 5.70. The predicted molar refractivity (Wildman–Crippen MR) is 84.2 cm³/mol. The summed E-state index contributed by atoms with van der Waals surface area (Å²) in [4.78, 5) is 14.1. The van der Waals surface area contributed by atoms with Gasteiger partial charge < -0.3 is 15.4 Å². The number of para-hydroxylation sites is 1. The van der Waals surface area contributed by atoms with Crippen LogP contribution in [0, 0.1) is 0 Å². The molecular formula is C17H26N2O2. The van der Waals surface area contributed by atoms with Gasteiger partial charge in [-0.15, -0.1) is 0 Å². The van der Waals surface area contributed by atoms with Crippen molar-refractivity contribution < 1.29 is 9.53 Å². The van der Waals surface area contributed by atoms with E-state index >= 15 is 0 Å². The fourth-order valence-corrected chi connectivity index (χ4v) is 2.67. The Morgan fingerprint density at radius 3 is 2.62 bits per heavy atom. The Hall–Kier alpha value is -1.55. The van der Waals surface area contributed by atoms with E-state index in [-0.39, 0.29) is 18.1 Å². The average molecular weight is 290 g/mol. The van der Waals surface area contributed by atoms with Gasteiger partial charge in [-0.05, 0) is 18.6 Å². The monoisotopic (exact) mass is 290 g/mol. The van der Waals surface area contributed by atoms with Crippen LogP contribution in [-0.4, -0.2) is 36.0 Å². The van der Waals surface area contributed by atoms with Crippen molar-refractivity contribution in [2.75, 3.05) is 13.1 Å². The van der Waals surface area contributed by atoms with E-state index in [0.717, 1.165) is 50.9 Å². The maximum Gasteiger partial charge on any atom is 0.239 e. The van der Waals surface area contributed by atoms with Crippen molar-refractivity contribution in [3.8, 4) is 5.75 Å². The summed E-state index contributed by atoms with van der Waals surface area (Å²) in [5, 5.41) is 0. The summed E-state index contributed by atoms with van der Waals surface area (Å²) in [6, 6.07) is 9.53. The van der Waals surface area contributed by atoms with Crippen LogP contribution >= 0.6 is 0 Å². The van der Waals surface area contributed by atoms with Gasteiger partial charge >= 0.3 is 0 Å². The lowest BCUT2D eigenvalue weighted by molar-refractivity contribution is -0.134. The Morgan fingerprint density at radius 1 is 1.33 bits per heavy atom. The van der Waals surface area contributed by atoms with E-state index in [1.165, 1.54) is 0 Å². The van der Waals surface area contributed by atoms with Crippen LogP contribution < -0.4 is 10.5 Å². The lowest BCUT2D eigenvalue weighted by atomic mass is 10.0. The third-order valence-electron chi connectivity index (χ3n) is 3.99. The number of likely N-dealkylation sites (tertiary alicyclic amines) is 1. The van der Waals surface area contributed by atoms with Crippen molar-refractivity contribution >= 4 is 5.91 Å². The molecule has 0 bridgehead atoms. The van der Waals surface area contributed by atoms with Gasteiger partial charge in [0.2, 0.25) is 5.91 Å². The molecule has 4 nitrogen and oxygen atoms in total. The largest absolute Gasteiger partial charge is 0.490 e. The number of ether oxygens (including phenoxy) is 1. The highest BCUT2D eigenvalue weighted by Crippen LogP contribution is 2.19. The molecule has 1 heterocycles. The number of carbonyl (C=O) groups excluding carboxylic acids is 1. The minimum absolute atomic E-state index is 0.0987. The molecule has 1 aromatic rings. The first-order chi connectivity index (χ1) is 10.2. The average Bonchev–Trinajstić information content (AvgIpc) is 2.53. The number of nitrogens with two attached hydrogens (primary N) is 1. The number of hydrogen-bond acceptors (Lipinski definition) is 3. The molecule has 2 N–H and O–H groups in total. The number of carbonyl (C=O) groups is 1. The summed E-state index contributed by atoms with van der Waals surface area (Å²) < 4.78 is 5.94. The standard InChI is InChI=1S/C17H26N2O2/c1-2-3-9-16(18)17(20)19-12-10-15(11-13-19)21-14-7-5-4-6-8-14/h4-8,15-16H,2-3,9-13,18H2,1H3/t16-/m0/s1. The Morgan fingerprint density at radius 2 is 2.00 bits per heavy atom. The van der Waals surface area contributed by atoms with Crippen LogP contribution in [0.4, 0.5) is 0 Å². The van der Waals surface area contributed by atoms with Gasteiger partial charge in [0.25, 0.3) is 0 Å². The van der Waals surface area contributed by atoms with E-state index < -0.39 is 0 Å². The molecule has 0 saturated carbocycles. The molecule has 0 aliphatic carbocycles. The molecule has 1 aliphatic heterocycles. The molecule has 1 fully saturated rings. The molecule has 1 aliphatic rings. The summed E-state index contributed by atoms with van der Waals surface area (Å²) in [6.07, 6.45) is 4.83. The molecule has 1 amide bonds. The third-order valence-corrected chi connectivity index (χ3v) is 3.99. The summed E-state index contributed by atoms with van der Waals surface area (Å²) in [5.74, 6) is 1.00. The zero-order chi connectivity index (χ0) is 15.1. The van der Waals surface area contributed by atoms with Crippen LogP contribution in [0.1, 0.15) is 39.0 Å². The summed E-state index contributed by atoms with van der Waals surface area (Å²) in [6.45, 7) is 3.61. The fourth-order valence-electron chi connectivity index (χ4n) is 2.67. The highest BCUT2D eigenvalue weighted by molar-refractivity contribution is 5.81. The summed E-state index contributed by atoms with van der Waals surface area (Å²) in [7, 11) is 0. The Balaban J connectivity index is 1.76. The maximum absolute atomic E-state index is 12.2. The van der Waals surface area contributed by atoms with Gasteiger partial charge in [0.1, 0.15) is 11.9 Å². The topological polar surface area (TPSA) is 55.6 Å². The smallest absolute Gasteiger partial charge is 0.239 e. The number of hydrogen-bond donors (Lipinski definition) is 1. The van der Waals surface area contributed by atoms with E-state index in [1.807, 2.05) is 35.2 Å². The van der Waals surface area contributed by atoms with Crippen LogP contribution in [0.5, 0.6) is 5.75 Å². The molecule has 1 saturated heterocycles. The van der Waals surface area contributed by atoms with E-state index in [9.17, 15) is 4.79 Å². The van der Waals surface area contributed by atoms with Crippen molar-refractivity contribution in [3.63, 3.8) is 0 Å². The maximum atomic E-state index is 12.2. The van der Waals surface area contributed by atoms with E-state index in [0.29, 0.717) is 0 Å². The second-order valence-corrected chi connectivity index (χ2v) is 5.70. The number of piperidine rings is 1. The lowest BCUT2D eigenvalue weighted by Gasteiger charge is -2.33. The summed E-state index contributed by atoms with van der Waals surface area (Å²) >= 11 is 0. The first-order valence-electron chi connectivity index (χ1n) is 7.96. The molecule has 0 radical (unpaired) electrons. The Kier molecular flexibility index (Phi) is 6.05. The minimum atomic E-state index is -0.337. The first-order valence-corrected chi connectivity index (χ1v) is 7.96. The van der Waals surface area contributed by atoms with E-state index in [4.69, 9.17) is 10.5 Å². The van der Waals surface area contributed by atoms with Crippen LogP contribution in [-0.2, 0) is 4.79 Å².